The van der Waals surface area contributed by atoms with Crippen molar-refractivity contribution in [2.24, 2.45) is 0 Å². The first-order valence-electron chi connectivity index (χ1n) is 5.06. The van der Waals surface area contributed by atoms with Crippen LogP contribution in [0.5, 0.6) is 11.5 Å². The van der Waals surface area contributed by atoms with Gasteiger partial charge in [0.05, 0.1) is 7.11 Å². The Bertz CT molecular complexity index is 458. The van der Waals surface area contributed by atoms with E-state index in [1.807, 2.05) is 30.3 Å². The first-order valence-corrected chi connectivity index (χ1v) is 5.06. The molecule has 0 unspecified atom stereocenters. The Morgan fingerprint density at radius 2 is 1.59 bits per heavy atom. The number of phenols is 1. The normalized spacial score (nSPS) is 9.00. The maximum absolute atomic E-state index is 9.09. The molecule has 90 valence electrons. The van der Waals surface area contributed by atoms with Crippen LogP contribution in [0.25, 0.3) is 0 Å². The molecule has 0 radical (unpaired) electrons. The quantitative estimate of drug-likeness (QED) is 0.659. The molecule has 2 aromatic rings. The topological polar surface area (TPSA) is 81.5 Å². The van der Waals surface area contributed by atoms with Gasteiger partial charge in [-0.15, -0.1) is 0 Å². The lowest BCUT2D eigenvalue weighted by Gasteiger charge is -2.01. The van der Waals surface area contributed by atoms with E-state index in [9.17, 15) is 0 Å². The number of aromatic hydroxyl groups is 1. The van der Waals surface area contributed by atoms with Gasteiger partial charge >= 0.3 is 0 Å². The number of anilines is 2. The van der Waals surface area contributed by atoms with E-state index in [1.165, 1.54) is 13.2 Å². The first-order chi connectivity index (χ1) is 8.13. The van der Waals surface area contributed by atoms with Gasteiger partial charge in [-0.05, 0) is 24.3 Å². The number of nitrogens with two attached hydrogens (primary N) is 2. The average Bonchev–Trinajstić information content (AvgIpc) is 2.31. The molecule has 0 fully saturated rings. The van der Waals surface area contributed by atoms with Crippen LogP contribution in [0.4, 0.5) is 11.4 Å². The number of ether oxygens (including phenoxy) is 1. The van der Waals surface area contributed by atoms with Gasteiger partial charge < -0.3 is 21.3 Å². The fourth-order valence-corrected chi connectivity index (χ4v) is 1.16. The summed E-state index contributed by atoms with van der Waals surface area (Å²) < 4.78 is 4.79. The molecule has 0 aliphatic carbocycles. The lowest BCUT2D eigenvalue weighted by molar-refractivity contribution is 0.373. The van der Waals surface area contributed by atoms with E-state index in [2.05, 4.69) is 0 Å². The van der Waals surface area contributed by atoms with Crippen molar-refractivity contribution in [2.75, 3.05) is 18.6 Å². The highest BCUT2D eigenvalue weighted by molar-refractivity contribution is 5.50. The maximum Gasteiger partial charge on any atom is 0.160 e. The second-order valence-electron chi connectivity index (χ2n) is 3.34. The number of hydrogen-bond acceptors (Lipinski definition) is 4. The van der Waals surface area contributed by atoms with E-state index in [-0.39, 0.29) is 5.75 Å². The standard InChI is InChI=1S/C7H9NO2.C6H7N/c1-10-7-3-2-5(8)4-6(7)9;7-6-4-2-1-3-5-6/h2-4,9H,8H2,1H3;1-5H,7H2. The Morgan fingerprint density at radius 1 is 0.941 bits per heavy atom. The van der Waals surface area contributed by atoms with Crippen LogP contribution in [-0.4, -0.2) is 12.2 Å². The zero-order valence-electron chi connectivity index (χ0n) is 9.63. The Morgan fingerprint density at radius 3 is 2.00 bits per heavy atom. The molecule has 0 saturated carbocycles. The molecule has 0 saturated heterocycles. The predicted molar refractivity (Wildman–Crippen MR) is 69.9 cm³/mol. The van der Waals surface area contributed by atoms with Gasteiger partial charge in [-0.3, -0.25) is 0 Å². The van der Waals surface area contributed by atoms with Crippen LogP contribution in [0.1, 0.15) is 0 Å². The highest BCUT2D eigenvalue weighted by atomic mass is 16.5. The summed E-state index contributed by atoms with van der Waals surface area (Å²) in [6, 6.07) is 14.2. The highest BCUT2D eigenvalue weighted by Gasteiger charge is 1.98. The summed E-state index contributed by atoms with van der Waals surface area (Å²) in [5.74, 6) is 0.511. The number of methoxy groups -OCH3 is 1. The molecule has 0 aromatic heterocycles. The smallest absolute Gasteiger partial charge is 0.160 e. The Kier molecular flexibility index (Phi) is 4.69. The van der Waals surface area contributed by atoms with Crippen LogP contribution in [-0.2, 0) is 0 Å². The molecule has 4 nitrogen and oxygen atoms in total. The Balaban J connectivity index is 0.000000181. The second-order valence-corrected chi connectivity index (χ2v) is 3.34. The molecule has 4 heteroatoms. The van der Waals surface area contributed by atoms with E-state index in [0.29, 0.717) is 11.4 Å². The summed E-state index contributed by atoms with van der Waals surface area (Å²) in [5, 5.41) is 9.09. The van der Waals surface area contributed by atoms with Crippen LogP contribution in [0.2, 0.25) is 0 Å². The van der Waals surface area contributed by atoms with E-state index in [1.54, 1.807) is 12.1 Å². The summed E-state index contributed by atoms with van der Waals surface area (Å²) >= 11 is 0. The molecule has 0 aliphatic rings. The van der Waals surface area contributed by atoms with Gasteiger partial charge in [0.15, 0.2) is 11.5 Å². The van der Waals surface area contributed by atoms with Crippen molar-refractivity contribution in [2.45, 2.75) is 0 Å². The van der Waals surface area contributed by atoms with Crippen LogP contribution in [0, 0.1) is 0 Å². The Labute approximate surface area is 100 Å². The lowest BCUT2D eigenvalue weighted by Crippen LogP contribution is -1.86. The number of para-hydroxylation sites is 1. The zero-order chi connectivity index (χ0) is 12.7. The minimum Gasteiger partial charge on any atom is -0.504 e. The molecule has 2 aromatic carbocycles. The molecule has 5 N–H and O–H groups in total. The molecule has 0 bridgehead atoms. The van der Waals surface area contributed by atoms with Crippen molar-refractivity contribution in [3.05, 3.63) is 48.5 Å². The molecular formula is C13H16N2O2. The van der Waals surface area contributed by atoms with Crippen molar-refractivity contribution >= 4 is 11.4 Å². The Hall–Kier alpha value is -2.36. The van der Waals surface area contributed by atoms with Crippen molar-refractivity contribution in [3.8, 4) is 11.5 Å². The van der Waals surface area contributed by atoms with Crippen LogP contribution < -0.4 is 16.2 Å². The number of rotatable bonds is 1. The fourth-order valence-electron chi connectivity index (χ4n) is 1.16. The molecule has 2 rings (SSSR count). The highest BCUT2D eigenvalue weighted by Crippen LogP contribution is 2.26. The maximum atomic E-state index is 9.09. The second kappa shape index (κ2) is 6.27. The average molecular weight is 232 g/mol. The third-order valence-electron chi connectivity index (χ3n) is 2.00. The number of benzene rings is 2. The van der Waals surface area contributed by atoms with Crippen LogP contribution in [0.3, 0.4) is 0 Å². The minimum atomic E-state index is 0.0718. The summed E-state index contributed by atoms with van der Waals surface area (Å²) in [4.78, 5) is 0. The van der Waals surface area contributed by atoms with E-state index in [0.717, 1.165) is 5.69 Å². The summed E-state index contributed by atoms with van der Waals surface area (Å²) in [6.45, 7) is 0. The van der Waals surface area contributed by atoms with E-state index in [4.69, 9.17) is 21.3 Å². The number of phenolic OH excluding ortho intramolecular Hbond substituents is 1. The summed E-state index contributed by atoms with van der Waals surface area (Å²) in [6.07, 6.45) is 0. The fraction of sp³-hybridized carbons (Fsp3) is 0.0769. The van der Waals surface area contributed by atoms with Gasteiger partial charge in [-0.25, -0.2) is 0 Å². The largest absolute Gasteiger partial charge is 0.504 e. The van der Waals surface area contributed by atoms with Crippen LogP contribution >= 0.6 is 0 Å². The SMILES string of the molecule is COc1ccc(N)cc1O.Nc1ccccc1. The molecule has 0 spiro atoms. The molecule has 0 atom stereocenters. The van der Waals surface area contributed by atoms with Crippen LogP contribution in [0.15, 0.2) is 48.5 Å². The van der Waals surface area contributed by atoms with Crippen molar-refractivity contribution in [1.82, 2.24) is 0 Å². The molecule has 0 heterocycles. The zero-order valence-corrected chi connectivity index (χ0v) is 9.63. The van der Waals surface area contributed by atoms with Gasteiger partial charge in [0, 0.05) is 17.4 Å². The van der Waals surface area contributed by atoms with E-state index >= 15 is 0 Å². The number of hydrogen-bond donors (Lipinski definition) is 3. The van der Waals surface area contributed by atoms with Gasteiger partial charge in [-0.2, -0.15) is 0 Å². The van der Waals surface area contributed by atoms with Crippen molar-refractivity contribution in [3.63, 3.8) is 0 Å². The first kappa shape index (κ1) is 12.7. The molecule has 17 heavy (non-hydrogen) atoms. The van der Waals surface area contributed by atoms with Gasteiger partial charge in [0.1, 0.15) is 0 Å². The van der Waals surface area contributed by atoms with Gasteiger partial charge in [0.25, 0.3) is 0 Å². The lowest BCUT2D eigenvalue weighted by atomic mass is 10.3. The van der Waals surface area contributed by atoms with E-state index < -0.39 is 0 Å². The minimum absolute atomic E-state index is 0.0718. The van der Waals surface area contributed by atoms with Crippen molar-refractivity contribution in [1.29, 1.82) is 0 Å². The molecule has 0 aliphatic heterocycles. The van der Waals surface area contributed by atoms with Gasteiger partial charge in [0.2, 0.25) is 0 Å². The molecule has 0 amide bonds. The van der Waals surface area contributed by atoms with Gasteiger partial charge in [-0.1, -0.05) is 18.2 Å². The third kappa shape index (κ3) is 4.34. The summed E-state index contributed by atoms with van der Waals surface area (Å²) in [7, 11) is 1.49. The predicted octanol–water partition coefficient (Wildman–Crippen LogP) is 2.25. The van der Waals surface area contributed by atoms with Crippen molar-refractivity contribution < 1.29 is 9.84 Å². The monoisotopic (exact) mass is 232 g/mol. The molecular weight excluding hydrogens is 216 g/mol. The number of nitrogen functional groups attached to an aromatic ring is 2. The third-order valence-corrected chi connectivity index (χ3v) is 2.00. The summed E-state index contributed by atoms with van der Waals surface area (Å²) in [5.41, 5.74) is 12.1.